The Balaban J connectivity index is 0. The third-order valence-electron chi connectivity index (χ3n) is 0.919. The molecule has 1 atom stereocenters. The smallest absolute Gasteiger partial charge is 0.213 e. The van der Waals surface area contributed by atoms with E-state index in [0.717, 1.165) is 0 Å². The topological polar surface area (TPSA) is 17.1 Å². The Morgan fingerprint density at radius 3 is 1.91 bits per heavy atom. The average molecular weight is 272 g/mol. The number of Topliss-reactive ketones (excluding diaryl/α,β-unsaturated/α-hetero) is 1. The number of ketones is 1. The Hall–Kier alpha value is 1.54. The summed E-state index contributed by atoms with van der Waals surface area (Å²) in [4.78, 5) is 10.8. The summed E-state index contributed by atoms with van der Waals surface area (Å²) in [5.41, 5.74) is 0. The molecular formula is C5H6Cl4OTi. The van der Waals surface area contributed by atoms with Crippen molar-refractivity contribution in [1.82, 2.24) is 0 Å². The Bertz CT molecular complexity index is 133. The summed E-state index contributed by atoms with van der Waals surface area (Å²) in [6.45, 7) is 1.66. The summed E-state index contributed by atoms with van der Waals surface area (Å²) in [6, 6.07) is 0. The maximum atomic E-state index is 10.8. The van der Waals surface area contributed by atoms with E-state index in [1.807, 2.05) is 0 Å². The monoisotopic (exact) mass is 270 g/mol. The fourth-order valence-electron chi connectivity index (χ4n) is 0.362. The number of rotatable bonds is 2. The van der Waals surface area contributed by atoms with Crippen molar-refractivity contribution in [3.05, 3.63) is 0 Å². The number of carbonyl (C=O) groups excluding carboxylic acids is 1. The molecule has 0 fully saturated rings. The van der Waals surface area contributed by atoms with Gasteiger partial charge in [0.15, 0.2) is 5.78 Å². The fourth-order valence-corrected chi connectivity index (χ4v) is 0.881. The van der Waals surface area contributed by atoms with E-state index in [-0.39, 0.29) is 33.9 Å². The molecule has 0 rings (SSSR count). The van der Waals surface area contributed by atoms with Crippen LogP contribution in [0, 0.1) is 0 Å². The standard InChI is InChI=1S/C5H6Cl4O.Ti/c1-2-3(10)4(6)5(7,8)9;/h4H,2H2,1H3;. The van der Waals surface area contributed by atoms with E-state index in [4.69, 9.17) is 46.4 Å². The number of hydrogen-bond acceptors (Lipinski definition) is 1. The van der Waals surface area contributed by atoms with Gasteiger partial charge < -0.3 is 0 Å². The molecule has 0 saturated carbocycles. The molecule has 0 aromatic carbocycles. The van der Waals surface area contributed by atoms with Crippen LogP contribution < -0.4 is 0 Å². The largest absolute Gasteiger partial charge is 0.298 e. The summed E-state index contributed by atoms with van der Waals surface area (Å²) < 4.78 is -1.69. The third-order valence-corrected chi connectivity index (χ3v) is 2.48. The second-order valence-corrected chi connectivity index (χ2v) is 4.53. The first-order valence-corrected chi connectivity index (χ1v) is 4.20. The summed E-state index contributed by atoms with van der Waals surface area (Å²) in [7, 11) is 0. The minimum absolute atomic E-state index is 0. The van der Waals surface area contributed by atoms with Crippen LogP contribution in [0.1, 0.15) is 13.3 Å². The molecule has 0 saturated heterocycles. The molecule has 0 radical (unpaired) electrons. The molecule has 0 bridgehead atoms. The molecule has 64 valence electrons. The van der Waals surface area contributed by atoms with Gasteiger partial charge in [-0.3, -0.25) is 4.79 Å². The maximum Gasteiger partial charge on any atom is 0.213 e. The van der Waals surface area contributed by atoms with Crippen LogP contribution in [-0.4, -0.2) is 15.0 Å². The Labute approximate surface area is 101 Å². The molecule has 1 nitrogen and oxygen atoms in total. The molecule has 0 aromatic rings. The maximum absolute atomic E-state index is 10.8. The number of carbonyl (C=O) groups is 1. The van der Waals surface area contributed by atoms with E-state index in [2.05, 4.69) is 0 Å². The molecule has 0 aliphatic carbocycles. The van der Waals surface area contributed by atoms with Gasteiger partial charge in [0.05, 0.1) is 0 Å². The first kappa shape index (κ1) is 15.0. The summed E-state index contributed by atoms with van der Waals surface area (Å²) in [5, 5.41) is -1.04. The Morgan fingerprint density at radius 1 is 1.45 bits per heavy atom. The average Bonchev–Trinajstić information content (AvgIpc) is 1.83. The Morgan fingerprint density at radius 2 is 1.82 bits per heavy atom. The van der Waals surface area contributed by atoms with Crippen LogP contribution in [0.3, 0.4) is 0 Å². The zero-order valence-corrected chi connectivity index (χ0v) is 10.3. The van der Waals surface area contributed by atoms with Gasteiger partial charge in [-0.1, -0.05) is 41.7 Å². The van der Waals surface area contributed by atoms with Crippen molar-refractivity contribution < 1.29 is 26.5 Å². The summed E-state index contributed by atoms with van der Waals surface area (Å²) >= 11 is 21.5. The van der Waals surface area contributed by atoms with Gasteiger partial charge in [0, 0.05) is 28.1 Å². The van der Waals surface area contributed by atoms with Crippen LogP contribution in [0.25, 0.3) is 0 Å². The van der Waals surface area contributed by atoms with Crippen molar-refractivity contribution in [3.63, 3.8) is 0 Å². The molecule has 0 aliphatic rings. The normalized spacial score (nSPS) is 13.5. The minimum Gasteiger partial charge on any atom is -0.298 e. The van der Waals surface area contributed by atoms with E-state index < -0.39 is 9.17 Å². The predicted molar refractivity (Wildman–Crippen MR) is 45.2 cm³/mol. The number of hydrogen-bond donors (Lipinski definition) is 0. The summed E-state index contributed by atoms with van der Waals surface area (Å²) in [6.07, 6.45) is 0.280. The van der Waals surface area contributed by atoms with Gasteiger partial charge in [0.2, 0.25) is 3.79 Å². The van der Waals surface area contributed by atoms with E-state index >= 15 is 0 Å². The second kappa shape index (κ2) is 6.07. The van der Waals surface area contributed by atoms with Crippen molar-refractivity contribution in [2.75, 3.05) is 0 Å². The number of halogens is 4. The van der Waals surface area contributed by atoms with Gasteiger partial charge in [-0.2, -0.15) is 0 Å². The first-order chi connectivity index (χ1) is 4.39. The van der Waals surface area contributed by atoms with Gasteiger partial charge in [0.25, 0.3) is 0 Å². The van der Waals surface area contributed by atoms with Gasteiger partial charge in [0.1, 0.15) is 5.38 Å². The molecule has 0 aliphatic heterocycles. The third kappa shape index (κ3) is 5.73. The van der Waals surface area contributed by atoms with E-state index in [1.54, 1.807) is 6.92 Å². The molecule has 1 unspecified atom stereocenters. The molecular weight excluding hydrogens is 266 g/mol. The van der Waals surface area contributed by atoms with Crippen LogP contribution in [0.15, 0.2) is 0 Å². The van der Waals surface area contributed by atoms with Crippen LogP contribution in [0.5, 0.6) is 0 Å². The van der Waals surface area contributed by atoms with Crippen molar-refractivity contribution >= 4 is 52.2 Å². The predicted octanol–water partition coefficient (Wildman–Crippen LogP) is 2.94. The molecule has 11 heavy (non-hydrogen) atoms. The fraction of sp³-hybridized carbons (Fsp3) is 0.800. The molecule has 0 aromatic heterocycles. The van der Waals surface area contributed by atoms with Crippen LogP contribution in [-0.2, 0) is 26.5 Å². The van der Waals surface area contributed by atoms with Crippen molar-refractivity contribution in [3.8, 4) is 0 Å². The SMILES string of the molecule is CCC(=O)C(Cl)C(Cl)(Cl)Cl.[Ti]. The quantitative estimate of drug-likeness (QED) is 0.557. The molecule has 0 spiro atoms. The second-order valence-electron chi connectivity index (χ2n) is 1.72. The van der Waals surface area contributed by atoms with E-state index in [0.29, 0.717) is 0 Å². The molecule has 0 heterocycles. The van der Waals surface area contributed by atoms with Crippen molar-refractivity contribution in [2.24, 2.45) is 0 Å². The number of alkyl halides is 4. The van der Waals surface area contributed by atoms with Crippen LogP contribution in [0.4, 0.5) is 0 Å². The van der Waals surface area contributed by atoms with Crippen LogP contribution >= 0.6 is 46.4 Å². The molecule has 6 heteroatoms. The molecule has 0 N–H and O–H groups in total. The van der Waals surface area contributed by atoms with Gasteiger partial charge in [-0.25, -0.2) is 0 Å². The minimum atomic E-state index is -1.69. The van der Waals surface area contributed by atoms with Crippen molar-refractivity contribution in [2.45, 2.75) is 22.5 Å². The summed E-state index contributed by atoms with van der Waals surface area (Å²) in [5.74, 6) is -0.262. The Kier molecular flexibility index (Phi) is 8.29. The zero-order chi connectivity index (χ0) is 8.36. The van der Waals surface area contributed by atoms with Gasteiger partial charge in [-0.15, -0.1) is 11.6 Å². The van der Waals surface area contributed by atoms with E-state index in [9.17, 15) is 4.79 Å². The zero-order valence-electron chi connectivity index (χ0n) is 5.70. The molecule has 0 amide bonds. The first-order valence-electron chi connectivity index (χ1n) is 2.63. The van der Waals surface area contributed by atoms with Crippen molar-refractivity contribution in [1.29, 1.82) is 0 Å². The van der Waals surface area contributed by atoms with Gasteiger partial charge in [-0.05, 0) is 0 Å². The van der Waals surface area contributed by atoms with Gasteiger partial charge >= 0.3 is 0 Å². The van der Waals surface area contributed by atoms with E-state index in [1.165, 1.54) is 0 Å². The van der Waals surface area contributed by atoms with Crippen LogP contribution in [0.2, 0.25) is 0 Å².